The van der Waals surface area contributed by atoms with Gasteiger partial charge in [0.05, 0.1) is 12.5 Å². The molecule has 0 bridgehead atoms. The number of aryl methyl sites for hydroxylation is 1. The van der Waals surface area contributed by atoms with Crippen LogP contribution in [0, 0.1) is 0 Å². The molecule has 0 radical (unpaired) electrons. The van der Waals surface area contributed by atoms with Crippen LogP contribution in [0.25, 0.3) is 22.3 Å². The second-order valence-electron chi connectivity index (χ2n) is 6.71. The number of hydrogen-bond donors (Lipinski definition) is 0. The maximum atomic E-state index is 12.7. The number of ether oxygens (including phenoxy) is 2. The van der Waals surface area contributed by atoms with Gasteiger partial charge in [0.15, 0.2) is 5.43 Å². The largest absolute Gasteiger partial charge is 0.496 e. The lowest BCUT2D eigenvalue weighted by atomic mass is 10.0. The van der Waals surface area contributed by atoms with Crippen LogP contribution in [0.2, 0.25) is 0 Å². The van der Waals surface area contributed by atoms with E-state index in [0.717, 1.165) is 24.0 Å². The van der Waals surface area contributed by atoms with Gasteiger partial charge in [0, 0.05) is 24.6 Å². The van der Waals surface area contributed by atoms with E-state index >= 15 is 0 Å². The van der Waals surface area contributed by atoms with E-state index in [1.165, 1.54) is 13.0 Å². The van der Waals surface area contributed by atoms with Crippen molar-refractivity contribution >= 4 is 16.9 Å². The van der Waals surface area contributed by atoms with Crippen LogP contribution in [0.15, 0.2) is 63.8 Å². The molecule has 5 heteroatoms. The molecule has 1 heterocycles. The summed E-state index contributed by atoms with van der Waals surface area (Å²) in [6.45, 7) is 7.24. The highest BCUT2D eigenvalue weighted by atomic mass is 16.5. The monoisotopic (exact) mass is 378 g/mol. The smallest absolute Gasteiger partial charge is 0.308 e. The number of allylic oxidation sites excluding steroid dienone is 1. The van der Waals surface area contributed by atoms with Gasteiger partial charge < -0.3 is 13.9 Å². The highest BCUT2D eigenvalue weighted by molar-refractivity contribution is 5.81. The number of methoxy groups -OCH3 is 1. The molecule has 0 spiro atoms. The van der Waals surface area contributed by atoms with Crippen LogP contribution in [-0.2, 0) is 11.2 Å². The van der Waals surface area contributed by atoms with Crippen molar-refractivity contribution in [3.63, 3.8) is 0 Å². The third-order valence-corrected chi connectivity index (χ3v) is 4.35. The molecule has 28 heavy (non-hydrogen) atoms. The van der Waals surface area contributed by atoms with Gasteiger partial charge in [-0.25, -0.2) is 0 Å². The molecule has 5 nitrogen and oxygen atoms in total. The molecule has 0 atom stereocenters. The van der Waals surface area contributed by atoms with Crippen molar-refractivity contribution < 1.29 is 18.7 Å². The Morgan fingerprint density at radius 2 is 1.82 bits per heavy atom. The summed E-state index contributed by atoms with van der Waals surface area (Å²) in [5.41, 5.74) is 3.06. The molecule has 0 aliphatic rings. The van der Waals surface area contributed by atoms with Crippen LogP contribution in [0.3, 0.4) is 0 Å². The van der Waals surface area contributed by atoms with Gasteiger partial charge in [-0.2, -0.15) is 0 Å². The van der Waals surface area contributed by atoms with Gasteiger partial charge in [-0.05, 0) is 55.7 Å². The number of fused-ring (bicyclic) bond motifs is 1. The standard InChI is InChI=1S/C23H22O5/c1-14(2)5-6-17-11-19-20(25)12-22(28-23(19)13-21(17)26-4)16-7-9-18(10-8-16)27-15(3)24/h7-13H,1,5-6H2,2-4H3. The Bertz CT molecular complexity index is 1090. The quantitative estimate of drug-likeness (QED) is 0.347. The fraction of sp³-hybridized carbons (Fsp3) is 0.217. The predicted octanol–water partition coefficient (Wildman–Crippen LogP) is 4.90. The summed E-state index contributed by atoms with van der Waals surface area (Å²) >= 11 is 0. The Balaban J connectivity index is 2.02. The number of rotatable bonds is 6. The summed E-state index contributed by atoms with van der Waals surface area (Å²) in [4.78, 5) is 23.7. The predicted molar refractivity (Wildman–Crippen MR) is 109 cm³/mol. The van der Waals surface area contributed by atoms with Gasteiger partial charge in [-0.1, -0.05) is 5.57 Å². The number of carbonyl (C=O) groups excluding carboxylic acids is 1. The maximum absolute atomic E-state index is 12.7. The van der Waals surface area contributed by atoms with Gasteiger partial charge >= 0.3 is 5.97 Å². The molecule has 0 saturated heterocycles. The molecular weight excluding hydrogens is 356 g/mol. The zero-order valence-corrected chi connectivity index (χ0v) is 16.2. The number of hydrogen-bond acceptors (Lipinski definition) is 5. The fourth-order valence-corrected chi connectivity index (χ4v) is 2.96. The lowest BCUT2D eigenvalue weighted by Crippen LogP contribution is -2.03. The molecule has 2 aromatic carbocycles. The zero-order valence-electron chi connectivity index (χ0n) is 16.2. The Morgan fingerprint density at radius 3 is 2.43 bits per heavy atom. The molecule has 3 rings (SSSR count). The summed E-state index contributed by atoms with van der Waals surface area (Å²) in [6.07, 6.45) is 1.56. The van der Waals surface area contributed by atoms with Gasteiger partial charge in [0.1, 0.15) is 22.8 Å². The van der Waals surface area contributed by atoms with Crippen molar-refractivity contribution in [1.82, 2.24) is 0 Å². The van der Waals surface area contributed by atoms with Crippen LogP contribution in [0.5, 0.6) is 11.5 Å². The van der Waals surface area contributed by atoms with Crippen LogP contribution >= 0.6 is 0 Å². The molecule has 0 fully saturated rings. The summed E-state index contributed by atoms with van der Waals surface area (Å²) < 4.78 is 16.5. The minimum Gasteiger partial charge on any atom is -0.496 e. The fourth-order valence-electron chi connectivity index (χ4n) is 2.96. The minimum absolute atomic E-state index is 0.125. The van der Waals surface area contributed by atoms with E-state index < -0.39 is 0 Å². The first kappa shape index (κ1) is 19.4. The van der Waals surface area contributed by atoms with Crippen molar-refractivity contribution in [2.45, 2.75) is 26.7 Å². The van der Waals surface area contributed by atoms with E-state index in [4.69, 9.17) is 13.9 Å². The lowest BCUT2D eigenvalue weighted by Gasteiger charge is -2.11. The first-order chi connectivity index (χ1) is 13.4. The van der Waals surface area contributed by atoms with Gasteiger partial charge in [-0.15, -0.1) is 6.58 Å². The third-order valence-electron chi connectivity index (χ3n) is 4.35. The highest BCUT2D eigenvalue weighted by Gasteiger charge is 2.12. The maximum Gasteiger partial charge on any atom is 0.308 e. The van der Waals surface area contributed by atoms with Crippen LogP contribution in [0.1, 0.15) is 25.8 Å². The third kappa shape index (κ3) is 4.31. The minimum atomic E-state index is -0.389. The average molecular weight is 378 g/mol. The topological polar surface area (TPSA) is 65.7 Å². The van der Waals surface area contributed by atoms with E-state index in [-0.39, 0.29) is 11.4 Å². The number of benzene rings is 2. The van der Waals surface area contributed by atoms with Crippen LogP contribution in [-0.4, -0.2) is 13.1 Å². The summed E-state index contributed by atoms with van der Waals surface area (Å²) in [5.74, 6) is 1.16. The molecule has 0 aliphatic heterocycles. The van der Waals surface area contributed by atoms with E-state index in [1.807, 2.05) is 13.0 Å². The first-order valence-electron chi connectivity index (χ1n) is 8.95. The first-order valence-corrected chi connectivity index (χ1v) is 8.95. The molecule has 3 aromatic rings. The van der Waals surface area contributed by atoms with Crippen molar-refractivity contribution in [3.8, 4) is 22.8 Å². The molecular formula is C23H22O5. The Kier molecular flexibility index (Phi) is 5.64. The molecule has 0 N–H and O–H groups in total. The molecule has 0 unspecified atom stereocenters. The van der Waals surface area contributed by atoms with Crippen LogP contribution < -0.4 is 14.9 Å². The summed E-state index contributed by atoms with van der Waals surface area (Å²) in [7, 11) is 1.60. The normalized spacial score (nSPS) is 10.7. The van der Waals surface area contributed by atoms with Gasteiger partial charge in [-0.3, -0.25) is 9.59 Å². The van der Waals surface area contributed by atoms with Gasteiger partial charge in [0.2, 0.25) is 0 Å². The number of esters is 1. The average Bonchev–Trinajstić information content (AvgIpc) is 2.65. The summed E-state index contributed by atoms with van der Waals surface area (Å²) in [6, 6.07) is 11.8. The summed E-state index contributed by atoms with van der Waals surface area (Å²) in [5, 5.41) is 0.512. The van der Waals surface area contributed by atoms with E-state index in [1.54, 1.807) is 37.4 Å². The highest BCUT2D eigenvalue weighted by Crippen LogP contribution is 2.29. The number of carbonyl (C=O) groups is 1. The molecule has 0 amide bonds. The van der Waals surface area contributed by atoms with Crippen molar-refractivity contribution in [3.05, 3.63) is 70.4 Å². The molecule has 144 valence electrons. The Morgan fingerprint density at radius 1 is 1.11 bits per heavy atom. The second kappa shape index (κ2) is 8.13. The van der Waals surface area contributed by atoms with Crippen molar-refractivity contribution in [2.24, 2.45) is 0 Å². The SMILES string of the molecule is C=C(C)CCc1cc2c(=O)cc(-c3ccc(OC(C)=O)cc3)oc2cc1OC. The molecule has 0 aliphatic carbocycles. The van der Waals surface area contributed by atoms with E-state index in [9.17, 15) is 9.59 Å². The van der Waals surface area contributed by atoms with E-state index in [2.05, 4.69) is 6.58 Å². The Labute approximate surface area is 163 Å². The van der Waals surface area contributed by atoms with Gasteiger partial charge in [0.25, 0.3) is 0 Å². The second-order valence-corrected chi connectivity index (χ2v) is 6.71. The Hall–Kier alpha value is -3.34. The van der Waals surface area contributed by atoms with Crippen molar-refractivity contribution in [1.29, 1.82) is 0 Å². The van der Waals surface area contributed by atoms with Crippen molar-refractivity contribution in [2.75, 3.05) is 7.11 Å². The zero-order chi connectivity index (χ0) is 20.3. The molecule has 1 aromatic heterocycles. The lowest BCUT2D eigenvalue weighted by molar-refractivity contribution is -0.131. The van der Waals surface area contributed by atoms with Crippen LogP contribution in [0.4, 0.5) is 0 Å². The van der Waals surface area contributed by atoms with E-state index in [0.29, 0.717) is 33.8 Å². The molecule has 0 saturated carbocycles.